The van der Waals surface area contributed by atoms with Gasteiger partial charge in [0.1, 0.15) is 66.2 Å². The molecule has 12 atom stereocenters. The second-order valence-electron chi connectivity index (χ2n) is 27.1. The monoisotopic (exact) mass is 1270 g/mol. The summed E-state index contributed by atoms with van der Waals surface area (Å²) in [4.78, 5) is 169. The predicted molar refractivity (Wildman–Crippen MR) is 346 cm³/mol. The fraction of sp³-hybridized carbons (Fsp3) is 0.712. The first-order chi connectivity index (χ1) is 41.6. The molecule has 0 saturated carbocycles. The van der Waals surface area contributed by atoms with Crippen LogP contribution in [0.4, 0.5) is 0 Å². The van der Waals surface area contributed by atoms with Gasteiger partial charge in [-0.2, -0.15) is 0 Å². The SMILES string of the molecule is CC[C@@H]1NC(=O)[C@H]([C@H](O)[C@H](C)C/C=C/c2ccc(O)cc2)N(C)C(=O)[C@H](C(C)C)N(C)C(=O)C(C(C)C)N(C)C(=O)[C@H](CC(C)C)N(C)C(=O)[C@@H](C)NC(=O)[C@H](C)NC(=O)[C@H](CC(C)C)N(C)C(=O)[C@H](C(C)C)NC(=O)[C@H](CC(C)C)N(C)C(=O)CN(C)C1=O. The lowest BCUT2D eigenvalue weighted by Gasteiger charge is -2.42. The van der Waals surface area contributed by atoms with Crippen molar-refractivity contribution in [2.75, 3.05) is 55.9 Å². The summed E-state index contributed by atoms with van der Waals surface area (Å²) >= 11 is 0. The third-order valence-electron chi connectivity index (χ3n) is 16.9. The molecule has 1 unspecified atom stereocenters. The van der Waals surface area contributed by atoms with Crippen LogP contribution in [-0.2, 0) is 52.7 Å². The van der Waals surface area contributed by atoms with E-state index in [-0.39, 0.29) is 55.6 Å². The molecule has 1 aromatic rings. The number of aliphatic hydroxyl groups is 1. The Morgan fingerprint density at radius 3 is 1.38 bits per heavy atom. The van der Waals surface area contributed by atoms with Crippen LogP contribution in [0.15, 0.2) is 30.3 Å². The van der Waals surface area contributed by atoms with Crippen molar-refractivity contribution in [3.8, 4) is 5.75 Å². The number of aromatic hydroxyl groups is 1. The first kappa shape index (κ1) is 79.0. The Morgan fingerprint density at radius 2 is 0.911 bits per heavy atom. The van der Waals surface area contributed by atoms with Gasteiger partial charge < -0.3 is 65.8 Å². The van der Waals surface area contributed by atoms with Crippen molar-refractivity contribution in [3.05, 3.63) is 35.9 Å². The van der Waals surface area contributed by atoms with Crippen LogP contribution < -0.4 is 21.3 Å². The average Bonchev–Trinajstić information content (AvgIpc) is 0.917. The standard InChI is InChI=1S/C66H111N11O13/c1-24-47-62(86)71(17)35-51(79)72(18)48(32-36(2)3)59(83)70-52(39(8)9)64(88)73(19)49(33-37(4)5)58(82)67-43(15)57(81)68-44(16)61(85)74(20)50(34-38(6)7)63(87)75(21)53(40(10)11)65(89)76(22)54(41(12)13)66(90)77(23)55(60(84)69-47)56(80)42(14)26-25-27-45-28-30-46(78)31-29-45/h25,27-31,36-44,47-50,52-56,78,80H,24,26,32-35H2,1-23H3,(H,67,82)(H,68,81)(H,69,84)(H,70,83)/b27-25+/t42-,43+,44-,47+,48+,49+,50+,52+,53?,54+,55+,56-/m1/s1. The molecule has 0 aromatic heterocycles. The van der Waals surface area contributed by atoms with Crippen LogP contribution >= 0.6 is 0 Å². The summed E-state index contributed by atoms with van der Waals surface area (Å²) in [6.07, 6.45) is 2.56. The summed E-state index contributed by atoms with van der Waals surface area (Å²) in [7, 11) is 9.80. The van der Waals surface area contributed by atoms with Gasteiger partial charge in [0.25, 0.3) is 0 Å². The van der Waals surface area contributed by atoms with E-state index in [0.717, 1.165) is 15.4 Å². The highest BCUT2D eigenvalue weighted by atomic mass is 16.3. The summed E-state index contributed by atoms with van der Waals surface area (Å²) in [6, 6.07) is -6.22. The van der Waals surface area contributed by atoms with E-state index >= 15 is 9.59 Å². The van der Waals surface area contributed by atoms with Gasteiger partial charge in [-0.1, -0.05) is 121 Å². The summed E-state index contributed by atoms with van der Waals surface area (Å²) in [5.41, 5.74) is 0.742. The Labute approximate surface area is 536 Å². The van der Waals surface area contributed by atoms with Crippen LogP contribution in [0, 0.1) is 41.4 Å². The quantitative estimate of drug-likeness (QED) is 0.146. The maximum absolute atomic E-state index is 15.3. The van der Waals surface area contributed by atoms with Crippen LogP contribution in [-0.4, -0.2) is 232 Å². The molecule has 90 heavy (non-hydrogen) atoms. The number of carbonyl (C=O) groups excluding carboxylic acids is 11. The molecule has 508 valence electrons. The lowest BCUT2D eigenvalue weighted by atomic mass is 9.91. The van der Waals surface area contributed by atoms with E-state index in [1.165, 1.54) is 99.8 Å². The van der Waals surface area contributed by atoms with E-state index in [1.54, 1.807) is 79.7 Å². The second kappa shape index (κ2) is 35.5. The maximum Gasteiger partial charge on any atom is 0.246 e. The first-order valence-electron chi connectivity index (χ1n) is 31.8. The topological polar surface area (TPSA) is 299 Å². The molecule has 24 heteroatoms. The van der Waals surface area contributed by atoms with Crippen LogP contribution in [0.25, 0.3) is 6.08 Å². The molecule has 2 rings (SSSR count). The molecule has 1 fully saturated rings. The molecule has 1 heterocycles. The number of aliphatic hydroxyl groups excluding tert-OH is 1. The number of benzene rings is 1. The minimum absolute atomic E-state index is 0.00873. The highest BCUT2D eigenvalue weighted by molar-refractivity contribution is 5.99. The van der Waals surface area contributed by atoms with Crippen molar-refractivity contribution in [1.82, 2.24) is 55.6 Å². The van der Waals surface area contributed by atoms with Crippen molar-refractivity contribution in [3.63, 3.8) is 0 Å². The molecular weight excluding hydrogens is 1150 g/mol. The smallest absolute Gasteiger partial charge is 0.246 e. The van der Waals surface area contributed by atoms with E-state index in [4.69, 9.17) is 0 Å². The van der Waals surface area contributed by atoms with E-state index in [9.17, 15) is 53.4 Å². The maximum atomic E-state index is 15.3. The molecule has 0 bridgehead atoms. The number of hydrogen-bond donors (Lipinski definition) is 6. The van der Waals surface area contributed by atoms with Gasteiger partial charge in [0.15, 0.2) is 0 Å². The summed E-state index contributed by atoms with van der Waals surface area (Å²) in [6.45, 7) is 27.1. The summed E-state index contributed by atoms with van der Waals surface area (Å²) in [5.74, 6) is -10.5. The van der Waals surface area contributed by atoms with Crippen molar-refractivity contribution in [2.45, 2.75) is 209 Å². The van der Waals surface area contributed by atoms with Gasteiger partial charge in [0.05, 0.1) is 12.6 Å². The van der Waals surface area contributed by atoms with Crippen molar-refractivity contribution in [2.24, 2.45) is 41.4 Å². The van der Waals surface area contributed by atoms with Gasteiger partial charge in [-0.15, -0.1) is 0 Å². The van der Waals surface area contributed by atoms with E-state index in [1.807, 2.05) is 41.5 Å². The highest BCUT2D eigenvalue weighted by Crippen LogP contribution is 2.26. The lowest BCUT2D eigenvalue weighted by Crippen LogP contribution is -2.64. The first-order valence-corrected chi connectivity index (χ1v) is 31.8. The number of nitrogens with zero attached hydrogens (tertiary/aromatic N) is 7. The lowest BCUT2D eigenvalue weighted by molar-refractivity contribution is -0.158. The van der Waals surface area contributed by atoms with Gasteiger partial charge in [0, 0.05) is 49.3 Å². The van der Waals surface area contributed by atoms with Gasteiger partial charge in [0.2, 0.25) is 65.0 Å². The van der Waals surface area contributed by atoms with Crippen LogP contribution in [0.3, 0.4) is 0 Å². The Bertz CT molecular complexity index is 2660. The minimum Gasteiger partial charge on any atom is -0.508 e. The zero-order chi connectivity index (χ0) is 69.3. The molecule has 24 nitrogen and oxygen atoms in total. The molecule has 11 amide bonds. The van der Waals surface area contributed by atoms with Crippen LogP contribution in [0.5, 0.6) is 5.75 Å². The zero-order valence-electron chi connectivity index (χ0n) is 58.1. The number of amides is 11. The third kappa shape index (κ3) is 21.5. The number of allylic oxidation sites excluding steroid dienone is 1. The van der Waals surface area contributed by atoms with Crippen LogP contribution in [0.2, 0.25) is 0 Å². The molecule has 6 N–H and O–H groups in total. The Morgan fingerprint density at radius 1 is 0.478 bits per heavy atom. The zero-order valence-corrected chi connectivity index (χ0v) is 58.1. The predicted octanol–water partition coefficient (Wildman–Crippen LogP) is 3.72. The minimum atomic E-state index is -1.68. The van der Waals surface area contributed by atoms with Crippen molar-refractivity contribution in [1.29, 1.82) is 0 Å². The van der Waals surface area contributed by atoms with Crippen LogP contribution in [0.1, 0.15) is 148 Å². The number of phenolic OH excluding ortho intramolecular Hbond substituents is 1. The Balaban J connectivity index is 2.97. The van der Waals surface area contributed by atoms with E-state index in [0.29, 0.717) is 0 Å². The molecule has 1 aliphatic heterocycles. The largest absolute Gasteiger partial charge is 0.508 e. The molecule has 0 radical (unpaired) electrons. The van der Waals surface area contributed by atoms with E-state index in [2.05, 4.69) is 21.3 Å². The van der Waals surface area contributed by atoms with Gasteiger partial charge in [-0.3, -0.25) is 52.7 Å². The third-order valence-corrected chi connectivity index (χ3v) is 16.9. The summed E-state index contributed by atoms with van der Waals surface area (Å²) in [5, 5.41) is 33.1. The molecule has 1 saturated heterocycles. The van der Waals surface area contributed by atoms with Crippen molar-refractivity contribution < 1.29 is 63.0 Å². The van der Waals surface area contributed by atoms with Gasteiger partial charge in [-0.05, 0) is 105 Å². The fourth-order valence-electron chi connectivity index (χ4n) is 11.3. The number of nitrogens with one attached hydrogen (secondary N) is 4. The molecule has 1 aliphatic rings. The molecule has 1 aromatic carbocycles. The highest BCUT2D eigenvalue weighted by Gasteiger charge is 2.46. The normalized spacial score (nSPS) is 26.0. The molecule has 0 spiro atoms. The molecular formula is C66H111N11O13. The van der Waals surface area contributed by atoms with Gasteiger partial charge >= 0.3 is 0 Å². The number of carbonyl (C=O) groups is 11. The molecule has 0 aliphatic carbocycles. The number of phenols is 1. The Hall–Kier alpha value is -7.11. The van der Waals surface area contributed by atoms with Crippen molar-refractivity contribution >= 4 is 71.1 Å². The fourth-order valence-corrected chi connectivity index (χ4v) is 11.3. The number of rotatable bonds is 15. The Kier molecular flexibility index (Phi) is 31.1. The number of hydrogen-bond acceptors (Lipinski definition) is 13. The number of likely N-dealkylation sites (N-methyl/N-ethyl adjacent to an activating group) is 7. The average molecular weight is 1270 g/mol. The van der Waals surface area contributed by atoms with E-state index < -0.39 is 162 Å². The summed E-state index contributed by atoms with van der Waals surface area (Å²) < 4.78 is 0. The second-order valence-corrected chi connectivity index (χ2v) is 27.1. The van der Waals surface area contributed by atoms with Gasteiger partial charge in [-0.25, -0.2) is 0 Å².